The van der Waals surface area contributed by atoms with E-state index >= 15 is 0 Å². The highest BCUT2D eigenvalue weighted by Crippen LogP contribution is 2.29. The summed E-state index contributed by atoms with van der Waals surface area (Å²) in [6, 6.07) is 7.53. The maximum Gasteiger partial charge on any atom is 0.310 e. The molecule has 1 aliphatic heterocycles. The van der Waals surface area contributed by atoms with Crippen molar-refractivity contribution in [2.75, 3.05) is 6.61 Å². The molecule has 0 bridgehead atoms. The second-order valence-corrected chi connectivity index (χ2v) is 8.72. The normalized spacial score (nSPS) is 21.3. The molecule has 2 aliphatic rings. The monoisotopic (exact) mass is 472 g/mol. The summed E-state index contributed by atoms with van der Waals surface area (Å²) in [6.45, 7) is 2.11. The number of cyclic esters (lactones) is 1. The van der Waals surface area contributed by atoms with Crippen molar-refractivity contribution >= 4 is 17.8 Å². The molecule has 2 heterocycles. The van der Waals surface area contributed by atoms with Crippen LogP contribution in [0.2, 0.25) is 0 Å². The van der Waals surface area contributed by atoms with Gasteiger partial charge >= 0.3 is 5.97 Å². The van der Waals surface area contributed by atoms with Crippen LogP contribution < -0.4 is 10.6 Å². The van der Waals surface area contributed by atoms with Crippen molar-refractivity contribution in [3.8, 4) is 11.3 Å². The van der Waals surface area contributed by atoms with E-state index in [1.165, 1.54) is 18.2 Å². The van der Waals surface area contributed by atoms with Crippen molar-refractivity contribution in [2.45, 2.75) is 63.8 Å². The number of carbonyl (C=O) groups excluding carboxylic acids is 3. The highest BCUT2D eigenvalue weighted by molar-refractivity contribution is 5.96. The van der Waals surface area contributed by atoms with E-state index in [1.54, 1.807) is 25.1 Å². The molecule has 2 fully saturated rings. The summed E-state index contributed by atoms with van der Waals surface area (Å²) >= 11 is 0. The van der Waals surface area contributed by atoms with Gasteiger partial charge in [0.05, 0.1) is 6.42 Å². The van der Waals surface area contributed by atoms with Gasteiger partial charge in [-0.25, -0.2) is 4.39 Å². The van der Waals surface area contributed by atoms with Crippen molar-refractivity contribution in [1.29, 1.82) is 0 Å². The third kappa shape index (κ3) is 5.83. The Bertz CT molecular complexity index is 1030. The number of hydrogen-bond donors (Lipinski definition) is 2. The lowest BCUT2D eigenvalue weighted by molar-refractivity contribution is -0.164. The van der Waals surface area contributed by atoms with Gasteiger partial charge in [-0.05, 0) is 43.5 Å². The van der Waals surface area contributed by atoms with Gasteiger partial charge in [-0.1, -0.05) is 37.8 Å². The van der Waals surface area contributed by atoms with E-state index in [4.69, 9.17) is 13.9 Å². The number of nitrogens with one attached hydrogen (secondary N) is 2. The average molecular weight is 473 g/mol. The van der Waals surface area contributed by atoms with Gasteiger partial charge in [0.15, 0.2) is 5.76 Å². The van der Waals surface area contributed by atoms with E-state index in [1.807, 2.05) is 0 Å². The summed E-state index contributed by atoms with van der Waals surface area (Å²) < 4.78 is 29.7. The van der Waals surface area contributed by atoms with Crippen molar-refractivity contribution in [1.82, 2.24) is 10.6 Å². The van der Waals surface area contributed by atoms with Crippen LogP contribution in [0.15, 0.2) is 40.8 Å². The number of esters is 1. The minimum Gasteiger partial charge on any atom is -0.451 e. The fourth-order valence-corrected chi connectivity index (χ4v) is 4.55. The molecule has 1 saturated heterocycles. The van der Waals surface area contributed by atoms with Crippen LogP contribution in [0.4, 0.5) is 4.39 Å². The molecule has 1 aromatic carbocycles. The number of halogens is 1. The number of ether oxygens (including phenoxy) is 2. The molecule has 34 heavy (non-hydrogen) atoms. The van der Waals surface area contributed by atoms with Crippen LogP contribution in [0, 0.1) is 11.7 Å². The molecular weight excluding hydrogens is 443 g/mol. The predicted molar refractivity (Wildman–Crippen MR) is 120 cm³/mol. The molecule has 2 N–H and O–H groups in total. The van der Waals surface area contributed by atoms with Gasteiger partial charge in [0.1, 0.15) is 23.7 Å². The van der Waals surface area contributed by atoms with Crippen LogP contribution in [0.3, 0.4) is 0 Å². The smallest absolute Gasteiger partial charge is 0.310 e. The van der Waals surface area contributed by atoms with E-state index in [9.17, 15) is 18.8 Å². The summed E-state index contributed by atoms with van der Waals surface area (Å²) in [5.41, 5.74) is 0.507. The number of amides is 2. The molecule has 182 valence electrons. The number of hydrogen-bond acceptors (Lipinski definition) is 6. The van der Waals surface area contributed by atoms with E-state index in [-0.39, 0.29) is 12.2 Å². The van der Waals surface area contributed by atoms with Crippen LogP contribution in [0.25, 0.3) is 11.3 Å². The molecule has 8 nitrogen and oxygen atoms in total. The minimum absolute atomic E-state index is 0.00960. The first-order valence-electron chi connectivity index (χ1n) is 11.7. The number of rotatable bonds is 9. The molecule has 0 spiro atoms. The third-order valence-corrected chi connectivity index (χ3v) is 6.23. The predicted octanol–water partition coefficient (Wildman–Crippen LogP) is 3.56. The zero-order chi connectivity index (χ0) is 24.1. The second kappa shape index (κ2) is 10.8. The molecule has 3 atom stereocenters. The molecule has 4 rings (SSSR count). The van der Waals surface area contributed by atoms with Gasteiger partial charge in [-0.2, -0.15) is 0 Å². The number of carbonyl (C=O) groups is 3. The fraction of sp³-hybridized carbons (Fsp3) is 0.480. The van der Waals surface area contributed by atoms with Gasteiger partial charge in [0.25, 0.3) is 5.91 Å². The summed E-state index contributed by atoms with van der Waals surface area (Å²) in [5, 5.41) is 5.60. The van der Waals surface area contributed by atoms with E-state index in [0.717, 1.165) is 25.7 Å². The number of furan rings is 1. The summed E-state index contributed by atoms with van der Waals surface area (Å²) in [5.74, 6) is -1.10. The molecule has 0 unspecified atom stereocenters. The summed E-state index contributed by atoms with van der Waals surface area (Å²) in [7, 11) is 0. The van der Waals surface area contributed by atoms with Crippen LogP contribution in [-0.2, 0) is 19.1 Å². The van der Waals surface area contributed by atoms with Crippen molar-refractivity contribution < 1.29 is 32.7 Å². The van der Waals surface area contributed by atoms with Crippen molar-refractivity contribution in [3.05, 3.63) is 48.0 Å². The number of benzene rings is 1. The quantitative estimate of drug-likeness (QED) is 0.541. The van der Waals surface area contributed by atoms with Gasteiger partial charge in [0.2, 0.25) is 12.2 Å². The van der Waals surface area contributed by atoms with Crippen molar-refractivity contribution in [2.24, 2.45) is 5.92 Å². The zero-order valence-electron chi connectivity index (χ0n) is 19.1. The zero-order valence-corrected chi connectivity index (χ0v) is 19.1. The maximum atomic E-state index is 13.5. The standard InChI is InChI=1S/C25H29FN2O6/c1-2-32-25-19(14-22(29)34-25)28-23(30)18(12-15-6-3-4-7-15)27-24(31)21-11-10-20(33-21)16-8-5-9-17(26)13-16/h5,8-11,13,15,18-19,25H,2-4,6-7,12,14H2,1H3,(H,27,31)(H,28,30)/t18-,19-,25+/m0/s1. The fourth-order valence-electron chi connectivity index (χ4n) is 4.55. The molecule has 2 amide bonds. The largest absolute Gasteiger partial charge is 0.451 e. The maximum absolute atomic E-state index is 13.5. The minimum atomic E-state index is -0.844. The lowest BCUT2D eigenvalue weighted by atomic mass is 9.97. The lowest BCUT2D eigenvalue weighted by Crippen LogP contribution is -2.52. The highest BCUT2D eigenvalue weighted by Gasteiger charge is 2.38. The lowest BCUT2D eigenvalue weighted by Gasteiger charge is -2.24. The molecule has 1 saturated carbocycles. The Hall–Kier alpha value is -3.20. The molecule has 9 heteroatoms. The molecule has 1 aliphatic carbocycles. The second-order valence-electron chi connectivity index (χ2n) is 8.72. The molecule has 0 radical (unpaired) electrons. The topological polar surface area (TPSA) is 107 Å². The Morgan fingerprint density at radius 2 is 2.00 bits per heavy atom. The van der Waals surface area contributed by atoms with Crippen LogP contribution in [0.1, 0.15) is 56.0 Å². The average Bonchev–Trinajstić information content (AvgIpc) is 3.56. The van der Waals surface area contributed by atoms with E-state index < -0.39 is 42.0 Å². The first kappa shape index (κ1) is 23.9. The first-order valence-corrected chi connectivity index (χ1v) is 11.7. The Morgan fingerprint density at radius 1 is 1.21 bits per heavy atom. The Kier molecular flexibility index (Phi) is 7.62. The van der Waals surface area contributed by atoms with Crippen LogP contribution in [0.5, 0.6) is 0 Å². The Labute approximate surface area is 197 Å². The van der Waals surface area contributed by atoms with Crippen LogP contribution >= 0.6 is 0 Å². The van der Waals surface area contributed by atoms with Gasteiger partial charge < -0.3 is 24.5 Å². The van der Waals surface area contributed by atoms with Gasteiger partial charge in [-0.15, -0.1) is 0 Å². The molecule has 2 aromatic rings. The highest BCUT2D eigenvalue weighted by atomic mass is 19.1. The van der Waals surface area contributed by atoms with E-state index in [0.29, 0.717) is 30.3 Å². The van der Waals surface area contributed by atoms with Gasteiger partial charge in [-0.3, -0.25) is 14.4 Å². The van der Waals surface area contributed by atoms with E-state index in [2.05, 4.69) is 10.6 Å². The SMILES string of the molecule is CCO[C@@H]1OC(=O)C[C@@H]1NC(=O)[C@H](CC1CCCC1)NC(=O)c1ccc(-c2cccc(F)c2)o1. The summed E-state index contributed by atoms with van der Waals surface area (Å²) in [6.07, 6.45) is 3.83. The molecular formula is C25H29FN2O6. The first-order chi connectivity index (χ1) is 16.4. The van der Waals surface area contributed by atoms with Crippen molar-refractivity contribution in [3.63, 3.8) is 0 Å². The molecule has 1 aromatic heterocycles. The Morgan fingerprint density at radius 3 is 2.74 bits per heavy atom. The van der Waals surface area contributed by atoms with Crippen LogP contribution in [-0.4, -0.2) is 42.8 Å². The third-order valence-electron chi connectivity index (χ3n) is 6.23. The van der Waals surface area contributed by atoms with Gasteiger partial charge in [0, 0.05) is 12.2 Å². The Balaban J connectivity index is 1.45. The summed E-state index contributed by atoms with van der Waals surface area (Å²) in [4.78, 5) is 37.8.